The smallest absolute Gasteiger partial charge is 0.231 e. The number of nitrogens with one attached hydrogen (secondary N) is 1. The highest BCUT2D eigenvalue weighted by atomic mass is 79.9. The predicted molar refractivity (Wildman–Crippen MR) is 86.6 cm³/mol. The molecule has 2 rings (SSSR count). The first-order chi connectivity index (χ1) is 9.47. The molecule has 4 heteroatoms. The van der Waals surface area contributed by atoms with E-state index in [0.717, 1.165) is 41.4 Å². The van der Waals surface area contributed by atoms with Crippen molar-refractivity contribution in [3.63, 3.8) is 0 Å². The van der Waals surface area contributed by atoms with Gasteiger partial charge in [0.25, 0.3) is 0 Å². The van der Waals surface area contributed by atoms with E-state index in [9.17, 15) is 4.79 Å². The minimum atomic E-state index is -0.381. The quantitative estimate of drug-likeness (QED) is 0.879. The lowest BCUT2D eigenvalue weighted by atomic mass is 9.70. The van der Waals surface area contributed by atoms with Crippen LogP contribution in [0.5, 0.6) is 0 Å². The van der Waals surface area contributed by atoms with Crippen LogP contribution in [0, 0.1) is 18.3 Å². The van der Waals surface area contributed by atoms with Gasteiger partial charge in [-0.25, -0.2) is 0 Å². The zero-order chi connectivity index (χ0) is 14.8. The number of hydrogen-bond donors (Lipinski definition) is 2. The van der Waals surface area contributed by atoms with Gasteiger partial charge in [0, 0.05) is 16.7 Å². The summed E-state index contributed by atoms with van der Waals surface area (Å²) in [6.45, 7) is 4.69. The number of benzene rings is 1. The third kappa shape index (κ3) is 3.23. The van der Waals surface area contributed by atoms with Crippen LogP contribution in [0.25, 0.3) is 0 Å². The van der Waals surface area contributed by atoms with Crippen molar-refractivity contribution in [2.75, 3.05) is 11.9 Å². The number of rotatable bonds is 3. The van der Waals surface area contributed by atoms with Crippen LogP contribution >= 0.6 is 15.9 Å². The van der Waals surface area contributed by atoms with E-state index in [-0.39, 0.29) is 11.3 Å². The van der Waals surface area contributed by atoms with Gasteiger partial charge in [-0.05, 0) is 62.3 Å². The summed E-state index contributed by atoms with van der Waals surface area (Å²) in [6, 6.07) is 5.87. The highest BCUT2D eigenvalue weighted by Gasteiger charge is 2.39. The Labute approximate surface area is 129 Å². The van der Waals surface area contributed by atoms with E-state index in [1.165, 1.54) is 0 Å². The number of halogens is 1. The summed E-state index contributed by atoms with van der Waals surface area (Å²) in [5.74, 6) is 0.783. The summed E-state index contributed by atoms with van der Waals surface area (Å²) in [5, 5.41) is 3.05. The van der Waals surface area contributed by atoms with Gasteiger partial charge in [-0.3, -0.25) is 4.79 Å². The average molecular weight is 339 g/mol. The third-order valence-corrected chi connectivity index (χ3v) is 5.41. The van der Waals surface area contributed by atoms with Gasteiger partial charge in [0.2, 0.25) is 5.91 Å². The fourth-order valence-electron chi connectivity index (χ4n) is 2.82. The SMILES string of the molecule is Cc1cc(NC(=O)C2(CN)CCC(C)CC2)ccc1Br. The standard InChI is InChI=1S/C16H23BrN2O/c1-11-5-7-16(10-18,8-6-11)15(20)19-13-3-4-14(17)12(2)9-13/h3-4,9,11H,5-8,10,18H2,1-2H3,(H,19,20). The molecule has 1 saturated carbocycles. The van der Waals surface area contributed by atoms with E-state index in [4.69, 9.17) is 5.73 Å². The molecule has 1 amide bonds. The van der Waals surface area contributed by atoms with Crippen LogP contribution in [-0.2, 0) is 4.79 Å². The maximum atomic E-state index is 12.6. The van der Waals surface area contributed by atoms with Gasteiger partial charge in [0.15, 0.2) is 0 Å². The Bertz CT molecular complexity index is 493. The van der Waals surface area contributed by atoms with E-state index < -0.39 is 0 Å². The topological polar surface area (TPSA) is 55.1 Å². The molecule has 1 aliphatic carbocycles. The van der Waals surface area contributed by atoms with Crippen molar-refractivity contribution in [2.45, 2.75) is 39.5 Å². The highest BCUT2D eigenvalue weighted by molar-refractivity contribution is 9.10. The summed E-state index contributed by atoms with van der Waals surface area (Å²) >= 11 is 3.47. The minimum Gasteiger partial charge on any atom is -0.329 e. The van der Waals surface area contributed by atoms with E-state index in [2.05, 4.69) is 28.2 Å². The summed E-state index contributed by atoms with van der Waals surface area (Å²) in [4.78, 5) is 12.6. The third-order valence-electron chi connectivity index (χ3n) is 4.52. The normalized spacial score (nSPS) is 26.3. The van der Waals surface area contributed by atoms with Crippen molar-refractivity contribution in [3.8, 4) is 0 Å². The van der Waals surface area contributed by atoms with Crippen LogP contribution in [0.4, 0.5) is 5.69 Å². The molecular formula is C16H23BrN2O. The van der Waals surface area contributed by atoms with Gasteiger partial charge < -0.3 is 11.1 Å². The number of carbonyl (C=O) groups is 1. The molecule has 110 valence electrons. The Kier molecular flexibility index (Phi) is 4.86. The van der Waals surface area contributed by atoms with Gasteiger partial charge in [-0.2, -0.15) is 0 Å². The van der Waals surface area contributed by atoms with Gasteiger partial charge in [-0.15, -0.1) is 0 Å². The second kappa shape index (κ2) is 6.27. The van der Waals surface area contributed by atoms with Crippen molar-refractivity contribution in [1.29, 1.82) is 0 Å². The van der Waals surface area contributed by atoms with E-state index in [1.807, 2.05) is 25.1 Å². The second-order valence-corrected chi connectivity index (χ2v) is 6.94. The Balaban J connectivity index is 2.11. The van der Waals surface area contributed by atoms with E-state index >= 15 is 0 Å². The lowest BCUT2D eigenvalue weighted by Crippen LogP contribution is -2.44. The Morgan fingerprint density at radius 1 is 1.45 bits per heavy atom. The number of nitrogens with two attached hydrogens (primary N) is 1. The molecule has 20 heavy (non-hydrogen) atoms. The Morgan fingerprint density at radius 2 is 2.10 bits per heavy atom. The van der Waals surface area contributed by atoms with Crippen molar-refractivity contribution in [3.05, 3.63) is 28.2 Å². The largest absolute Gasteiger partial charge is 0.329 e. The molecule has 0 bridgehead atoms. The highest BCUT2D eigenvalue weighted by Crippen LogP contribution is 2.39. The van der Waals surface area contributed by atoms with Crippen LogP contribution < -0.4 is 11.1 Å². The zero-order valence-corrected chi connectivity index (χ0v) is 13.8. The van der Waals surface area contributed by atoms with Gasteiger partial charge >= 0.3 is 0 Å². The molecule has 0 saturated heterocycles. The van der Waals surface area contributed by atoms with Crippen LogP contribution in [0.2, 0.25) is 0 Å². The van der Waals surface area contributed by atoms with Gasteiger partial charge in [0.05, 0.1) is 5.41 Å². The molecule has 3 nitrogen and oxygen atoms in total. The summed E-state index contributed by atoms with van der Waals surface area (Å²) < 4.78 is 1.05. The van der Waals surface area contributed by atoms with Crippen molar-refractivity contribution >= 4 is 27.5 Å². The van der Waals surface area contributed by atoms with Crippen molar-refractivity contribution in [2.24, 2.45) is 17.1 Å². The molecule has 1 aliphatic rings. The molecule has 0 aromatic heterocycles. The number of amides is 1. The maximum absolute atomic E-state index is 12.6. The molecule has 1 fully saturated rings. The molecule has 1 aromatic carbocycles. The molecule has 0 unspecified atom stereocenters. The first-order valence-electron chi connectivity index (χ1n) is 7.24. The summed E-state index contributed by atoms with van der Waals surface area (Å²) in [5.41, 5.74) is 7.50. The number of aryl methyl sites for hydroxylation is 1. The molecule has 0 atom stereocenters. The fourth-order valence-corrected chi connectivity index (χ4v) is 3.07. The maximum Gasteiger partial charge on any atom is 0.231 e. The van der Waals surface area contributed by atoms with Crippen LogP contribution in [-0.4, -0.2) is 12.5 Å². The number of hydrogen-bond acceptors (Lipinski definition) is 2. The van der Waals surface area contributed by atoms with Gasteiger partial charge in [0.1, 0.15) is 0 Å². The Hall–Kier alpha value is -0.870. The fraction of sp³-hybridized carbons (Fsp3) is 0.562. The first-order valence-corrected chi connectivity index (χ1v) is 8.04. The molecule has 0 spiro atoms. The minimum absolute atomic E-state index is 0.0774. The number of carbonyl (C=O) groups excluding carboxylic acids is 1. The monoisotopic (exact) mass is 338 g/mol. The van der Waals surface area contributed by atoms with Crippen molar-refractivity contribution < 1.29 is 4.79 Å². The second-order valence-electron chi connectivity index (χ2n) is 6.09. The molecular weight excluding hydrogens is 316 g/mol. The summed E-state index contributed by atoms with van der Waals surface area (Å²) in [7, 11) is 0. The van der Waals surface area contributed by atoms with E-state index in [0.29, 0.717) is 12.5 Å². The van der Waals surface area contributed by atoms with Crippen molar-refractivity contribution in [1.82, 2.24) is 0 Å². The van der Waals surface area contributed by atoms with Crippen LogP contribution in [0.1, 0.15) is 38.2 Å². The first kappa shape index (κ1) is 15.5. The van der Waals surface area contributed by atoms with Crippen LogP contribution in [0.3, 0.4) is 0 Å². The molecule has 1 aromatic rings. The molecule has 0 aliphatic heterocycles. The molecule has 0 heterocycles. The van der Waals surface area contributed by atoms with Crippen LogP contribution in [0.15, 0.2) is 22.7 Å². The zero-order valence-electron chi connectivity index (χ0n) is 12.2. The lowest BCUT2D eigenvalue weighted by Gasteiger charge is -2.37. The summed E-state index contributed by atoms with van der Waals surface area (Å²) in [6.07, 6.45) is 3.96. The van der Waals surface area contributed by atoms with E-state index in [1.54, 1.807) is 0 Å². The predicted octanol–water partition coefficient (Wildman–Crippen LogP) is 3.85. The number of anilines is 1. The Morgan fingerprint density at radius 3 is 2.65 bits per heavy atom. The van der Waals surface area contributed by atoms with Gasteiger partial charge in [-0.1, -0.05) is 22.9 Å². The molecule has 3 N–H and O–H groups in total. The average Bonchev–Trinajstić information content (AvgIpc) is 2.44. The lowest BCUT2D eigenvalue weighted by molar-refractivity contribution is -0.127. The molecule has 0 radical (unpaired) electrons.